The summed E-state index contributed by atoms with van der Waals surface area (Å²) in [6.45, 7) is 0. The van der Waals surface area contributed by atoms with Gasteiger partial charge in [-0.05, 0) is 36.2 Å². The zero-order valence-electron chi connectivity index (χ0n) is 10.7. The Bertz CT molecular complexity index is 619. The highest BCUT2D eigenvalue weighted by atomic mass is 79.9. The van der Waals surface area contributed by atoms with Crippen LogP contribution in [0.15, 0.2) is 36.4 Å². The van der Waals surface area contributed by atoms with Gasteiger partial charge in [-0.25, -0.2) is 4.39 Å². The summed E-state index contributed by atoms with van der Waals surface area (Å²) in [6.07, 6.45) is 0.578. The second kappa shape index (κ2) is 6.79. The highest BCUT2D eigenvalue weighted by Crippen LogP contribution is 2.36. The lowest BCUT2D eigenvalue weighted by molar-refractivity contribution is 0.404. The van der Waals surface area contributed by atoms with E-state index in [4.69, 9.17) is 27.9 Å². The van der Waals surface area contributed by atoms with Crippen LogP contribution in [0, 0.1) is 5.82 Å². The molecule has 0 spiro atoms. The number of benzene rings is 2. The number of methoxy groups -OCH3 is 1. The molecule has 0 aliphatic heterocycles. The molecule has 0 N–H and O–H groups in total. The van der Waals surface area contributed by atoms with E-state index in [0.29, 0.717) is 27.8 Å². The Balaban J connectivity index is 2.28. The van der Waals surface area contributed by atoms with E-state index in [2.05, 4.69) is 15.9 Å². The maximum absolute atomic E-state index is 14.0. The fraction of sp³-hybridized carbons (Fsp3) is 0.200. The van der Waals surface area contributed by atoms with Gasteiger partial charge < -0.3 is 4.74 Å². The molecule has 106 valence electrons. The molecule has 0 aliphatic carbocycles. The lowest BCUT2D eigenvalue weighted by Crippen LogP contribution is -2.02. The first-order valence-electron chi connectivity index (χ1n) is 5.93. The van der Waals surface area contributed by atoms with Crippen molar-refractivity contribution >= 4 is 39.1 Å². The van der Waals surface area contributed by atoms with Crippen LogP contribution in [0.3, 0.4) is 0 Å². The summed E-state index contributed by atoms with van der Waals surface area (Å²) in [7, 11) is 1.52. The molecule has 2 rings (SSSR count). The van der Waals surface area contributed by atoms with Crippen molar-refractivity contribution in [3.05, 3.63) is 63.4 Å². The predicted molar refractivity (Wildman–Crippen MR) is 84.8 cm³/mol. The molecule has 1 nitrogen and oxygen atoms in total. The van der Waals surface area contributed by atoms with Crippen molar-refractivity contribution < 1.29 is 9.13 Å². The molecule has 20 heavy (non-hydrogen) atoms. The smallest absolute Gasteiger partial charge is 0.131 e. The minimum Gasteiger partial charge on any atom is -0.496 e. The Morgan fingerprint density at radius 2 is 1.95 bits per heavy atom. The third-order valence-electron chi connectivity index (χ3n) is 2.94. The Labute approximate surface area is 135 Å². The molecule has 0 fully saturated rings. The summed E-state index contributed by atoms with van der Waals surface area (Å²) < 4.78 is 19.2. The van der Waals surface area contributed by atoms with Gasteiger partial charge in [-0.3, -0.25) is 0 Å². The van der Waals surface area contributed by atoms with Crippen LogP contribution in [0.5, 0.6) is 5.75 Å². The van der Waals surface area contributed by atoms with Crippen molar-refractivity contribution in [3.8, 4) is 5.75 Å². The molecule has 0 saturated heterocycles. The van der Waals surface area contributed by atoms with Crippen molar-refractivity contribution in [1.82, 2.24) is 0 Å². The third kappa shape index (κ3) is 3.46. The van der Waals surface area contributed by atoms with Crippen LogP contribution in [-0.2, 0) is 6.42 Å². The first kappa shape index (κ1) is 15.6. The largest absolute Gasteiger partial charge is 0.496 e. The number of alkyl halides is 1. The van der Waals surface area contributed by atoms with E-state index in [1.165, 1.54) is 13.2 Å². The lowest BCUT2D eigenvalue weighted by Gasteiger charge is -2.15. The summed E-state index contributed by atoms with van der Waals surface area (Å²) in [5.41, 5.74) is 1.47. The van der Waals surface area contributed by atoms with Crippen LogP contribution in [0.2, 0.25) is 10.0 Å². The first-order chi connectivity index (χ1) is 9.52. The standard InChI is InChI=1S/C15H12BrCl2FO/c1-20-14-4-2-3-13(19)15(14)10(16)7-9-5-6-11(17)12(18)8-9/h2-6,8,10H,7H2,1H3. The number of halogens is 4. The molecule has 0 aromatic heterocycles. The Morgan fingerprint density at radius 1 is 1.20 bits per heavy atom. The monoisotopic (exact) mass is 376 g/mol. The van der Waals surface area contributed by atoms with Crippen LogP contribution in [0.1, 0.15) is 16.0 Å². The van der Waals surface area contributed by atoms with E-state index in [9.17, 15) is 4.39 Å². The molecule has 0 saturated carbocycles. The van der Waals surface area contributed by atoms with Gasteiger partial charge in [0.15, 0.2) is 0 Å². The molecule has 0 radical (unpaired) electrons. The van der Waals surface area contributed by atoms with E-state index < -0.39 is 0 Å². The molecule has 0 aliphatic rings. The molecular weight excluding hydrogens is 366 g/mol. The van der Waals surface area contributed by atoms with Crippen LogP contribution >= 0.6 is 39.1 Å². The third-order valence-corrected chi connectivity index (χ3v) is 4.47. The molecule has 2 aromatic carbocycles. The van der Waals surface area contributed by atoms with E-state index in [1.807, 2.05) is 6.07 Å². The molecule has 2 aromatic rings. The lowest BCUT2D eigenvalue weighted by atomic mass is 10.0. The fourth-order valence-corrected chi connectivity index (χ4v) is 3.11. The number of hydrogen-bond acceptors (Lipinski definition) is 1. The maximum Gasteiger partial charge on any atom is 0.131 e. The zero-order chi connectivity index (χ0) is 14.7. The average molecular weight is 378 g/mol. The second-order valence-electron chi connectivity index (χ2n) is 4.28. The second-order valence-corrected chi connectivity index (χ2v) is 6.20. The normalized spacial score (nSPS) is 12.2. The van der Waals surface area contributed by atoms with Crippen molar-refractivity contribution in [2.45, 2.75) is 11.2 Å². The van der Waals surface area contributed by atoms with Gasteiger partial charge in [-0.1, -0.05) is 51.3 Å². The SMILES string of the molecule is COc1cccc(F)c1C(Br)Cc1ccc(Cl)c(Cl)c1. The van der Waals surface area contributed by atoms with Gasteiger partial charge in [0.25, 0.3) is 0 Å². The molecule has 5 heteroatoms. The van der Waals surface area contributed by atoms with Crippen LogP contribution in [0.4, 0.5) is 4.39 Å². The number of hydrogen-bond donors (Lipinski definition) is 0. The average Bonchev–Trinajstić information content (AvgIpc) is 2.42. The number of ether oxygens (including phenoxy) is 1. The van der Waals surface area contributed by atoms with Gasteiger partial charge in [-0.2, -0.15) is 0 Å². The van der Waals surface area contributed by atoms with Crippen LogP contribution in [0.25, 0.3) is 0 Å². The highest BCUT2D eigenvalue weighted by Gasteiger charge is 2.18. The minimum atomic E-state index is -0.300. The minimum absolute atomic E-state index is 0.212. The molecule has 0 amide bonds. The van der Waals surface area contributed by atoms with Gasteiger partial charge >= 0.3 is 0 Å². The van der Waals surface area contributed by atoms with Crippen molar-refractivity contribution in [2.24, 2.45) is 0 Å². The summed E-state index contributed by atoms with van der Waals surface area (Å²) in [5, 5.41) is 0.995. The predicted octanol–water partition coefficient (Wildman–Crippen LogP) is 5.82. The molecule has 1 atom stereocenters. The fourth-order valence-electron chi connectivity index (χ4n) is 1.97. The topological polar surface area (TPSA) is 9.23 Å². The van der Waals surface area contributed by atoms with Crippen molar-refractivity contribution in [3.63, 3.8) is 0 Å². The van der Waals surface area contributed by atoms with E-state index in [-0.39, 0.29) is 10.6 Å². The van der Waals surface area contributed by atoms with Crippen LogP contribution < -0.4 is 4.74 Å². The van der Waals surface area contributed by atoms with E-state index >= 15 is 0 Å². The van der Waals surface area contributed by atoms with Crippen LogP contribution in [-0.4, -0.2) is 7.11 Å². The van der Waals surface area contributed by atoms with Gasteiger partial charge in [0.1, 0.15) is 11.6 Å². The summed E-state index contributed by atoms with van der Waals surface area (Å²) in [5.74, 6) is 0.221. The number of rotatable bonds is 4. The summed E-state index contributed by atoms with van der Waals surface area (Å²) in [4.78, 5) is -0.212. The molecule has 1 unspecified atom stereocenters. The van der Waals surface area contributed by atoms with Crippen molar-refractivity contribution in [2.75, 3.05) is 7.11 Å². The highest BCUT2D eigenvalue weighted by molar-refractivity contribution is 9.09. The maximum atomic E-state index is 14.0. The summed E-state index contributed by atoms with van der Waals surface area (Å²) in [6, 6.07) is 10.2. The first-order valence-corrected chi connectivity index (χ1v) is 7.60. The van der Waals surface area contributed by atoms with Gasteiger partial charge in [-0.15, -0.1) is 0 Å². The molecular formula is C15H12BrCl2FO. The Morgan fingerprint density at radius 3 is 2.60 bits per heavy atom. The summed E-state index contributed by atoms with van der Waals surface area (Å²) >= 11 is 15.4. The van der Waals surface area contributed by atoms with E-state index in [1.54, 1.807) is 24.3 Å². The van der Waals surface area contributed by atoms with E-state index in [0.717, 1.165) is 5.56 Å². The quantitative estimate of drug-likeness (QED) is 0.610. The Kier molecular flexibility index (Phi) is 5.30. The molecule has 0 bridgehead atoms. The van der Waals surface area contributed by atoms with Crippen molar-refractivity contribution in [1.29, 1.82) is 0 Å². The van der Waals surface area contributed by atoms with Gasteiger partial charge in [0.05, 0.1) is 22.0 Å². The molecule has 0 heterocycles. The Hall–Kier alpha value is -0.770. The zero-order valence-corrected chi connectivity index (χ0v) is 13.8. The van der Waals surface area contributed by atoms with Gasteiger partial charge in [0.2, 0.25) is 0 Å². The van der Waals surface area contributed by atoms with Gasteiger partial charge in [0, 0.05) is 5.56 Å².